The van der Waals surface area contributed by atoms with Crippen LogP contribution in [-0.2, 0) is 6.42 Å². The van der Waals surface area contributed by atoms with Crippen molar-refractivity contribution in [3.05, 3.63) is 16.5 Å². The van der Waals surface area contributed by atoms with Crippen LogP contribution in [-0.4, -0.2) is 40.4 Å². The number of anilines is 2. The molecule has 1 unspecified atom stereocenters. The summed E-state index contributed by atoms with van der Waals surface area (Å²) in [7, 11) is 0. The van der Waals surface area contributed by atoms with Crippen LogP contribution >= 0.6 is 11.3 Å². The molecule has 0 saturated carbocycles. The molecule has 6 nitrogen and oxygen atoms in total. The summed E-state index contributed by atoms with van der Waals surface area (Å²) in [6.07, 6.45) is 2.15. The number of hydrogen-bond donors (Lipinski definition) is 3. The zero-order valence-electron chi connectivity index (χ0n) is 14.9. The molecule has 0 amide bonds. The van der Waals surface area contributed by atoms with E-state index in [1.807, 2.05) is 6.07 Å². The normalized spacial score (nSPS) is 20.2. The van der Waals surface area contributed by atoms with Crippen molar-refractivity contribution in [2.75, 3.05) is 23.7 Å². The number of hydrogen-bond acceptors (Lipinski definition) is 6. The maximum absolute atomic E-state index is 11.4. The Bertz CT molecular complexity index is 815. The molecule has 0 aliphatic carbocycles. The molecule has 4 N–H and O–H groups in total. The van der Waals surface area contributed by atoms with E-state index >= 15 is 0 Å². The maximum atomic E-state index is 11.4. The van der Waals surface area contributed by atoms with E-state index in [9.17, 15) is 15.0 Å². The minimum Gasteiger partial charge on any atom is -0.477 e. The lowest BCUT2D eigenvalue weighted by atomic mass is 9.81. The number of pyridine rings is 1. The number of nitrogens with two attached hydrogens (primary N) is 1. The van der Waals surface area contributed by atoms with Crippen molar-refractivity contribution in [2.45, 2.75) is 46.1 Å². The Morgan fingerprint density at radius 1 is 1.52 bits per heavy atom. The Morgan fingerprint density at radius 3 is 2.84 bits per heavy atom. The van der Waals surface area contributed by atoms with Gasteiger partial charge in [-0.1, -0.05) is 27.2 Å². The third kappa shape index (κ3) is 3.18. The van der Waals surface area contributed by atoms with Gasteiger partial charge in [-0.2, -0.15) is 0 Å². The van der Waals surface area contributed by atoms with Gasteiger partial charge in [-0.25, -0.2) is 9.78 Å². The van der Waals surface area contributed by atoms with E-state index in [0.29, 0.717) is 23.5 Å². The second kappa shape index (κ2) is 6.46. The van der Waals surface area contributed by atoms with Crippen LogP contribution in [0.25, 0.3) is 10.2 Å². The molecule has 1 aliphatic heterocycles. The predicted octanol–water partition coefficient (Wildman–Crippen LogP) is 3.13. The third-order valence-electron chi connectivity index (χ3n) is 4.98. The van der Waals surface area contributed by atoms with Gasteiger partial charge in [-0.3, -0.25) is 0 Å². The molecule has 3 heterocycles. The molecule has 2 aromatic rings. The molecule has 0 spiro atoms. The van der Waals surface area contributed by atoms with E-state index in [4.69, 9.17) is 10.7 Å². The number of fused-ring (bicyclic) bond motifs is 1. The van der Waals surface area contributed by atoms with Crippen molar-refractivity contribution >= 4 is 39.0 Å². The quantitative estimate of drug-likeness (QED) is 0.772. The SMILES string of the molecule is CCCc1cc(N2CCC(O)C(C)(C)C2)nc2sc(C(=O)O)c(N)c12. The molecular formula is C18H25N3O3S. The van der Waals surface area contributed by atoms with Crippen molar-refractivity contribution in [2.24, 2.45) is 5.41 Å². The molecule has 136 valence electrons. The van der Waals surface area contributed by atoms with Crippen molar-refractivity contribution in [3.8, 4) is 0 Å². The van der Waals surface area contributed by atoms with Gasteiger partial charge in [0.15, 0.2) is 0 Å². The zero-order valence-corrected chi connectivity index (χ0v) is 15.7. The molecule has 2 aromatic heterocycles. The Balaban J connectivity index is 2.09. The van der Waals surface area contributed by atoms with Crippen LogP contribution in [0.4, 0.5) is 11.5 Å². The van der Waals surface area contributed by atoms with Gasteiger partial charge in [0.25, 0.3) is 0 Å². The largest absolute Gasteiger partial charge is 0.477 e. The van der Waals surface area contributed by atoms with E-state index < -0.39 is 5.97 Å². The average Bonchev–Trinajstić information content (AvgIpc) is 2.87. The average molecular weight is 363 g/mol. The van der Waals surface area contributed by atoms with Gasteiger partial charge >= 0.3 is 5.97 Å². The van der Waals surface area contributed by atoms with Crippen LogP contribution in [0.15, 0.2) is 6.07 Å². The van der Waals surface area contributed by atoms with E-state index in [-0.39, 0.29) is 16.4 Å². The molecule has 3 rings (SSSR count). The smallest absolute Gasteiger partial charge is 0.348 e. The number of carboxylic acids is 1. The lowest BCUT2D eigenvalue weighted by Gasteiger charge is -2.42. The van der Waals surface area contributed by atoms with Gasteiger partial charge in [0.2, 0.25) is 0 Å². The lowest BCUT2D eigenvalue weighted by molar-refractivity contribution is 0.0334. The highest BCUT2D eigenvalue weighted by Gasteiger charge is 2.35. The van der Waals surface area contributed by atoms with Crippen LogP contribution in [0.2, 0.25) is 0 Å². The summed E-state index contributed by atoms with van der Waals surface area (Å²) in [5.41, 5.74) is 7.27. The second-order valence-corrected chi connectivity index (χ2v) is 8.43. The summed E-state index contributed by atoms with van der Waals surface area (Å²) in [6, 6.07) is 2.04. The topological polar surface area (TPSA) is 99.7 Å². The summed E-state index contributed by atoms with van der Waals surface area (Å²) in [4.78, 5) is 19.2. The van der Waals surface area contributed by atoms with Gasteiger partial charge < -0.3 is 20.8 Å². The van der Waals surface area contributed by atoms with Crippen molar-refractivity contribution in [1.29, 1.82) is 0 Å². The first-order chi connectivity index (χ1) is 11.7. The summed E-state index contributed by atoms with van der Waals surface area (Å²) < 4.78 is 0. The number of nitrogen functional groups attached to an aromatic ring is 1. The van der Waals surface area contributed by atoms with Crippen molar-refractivity contribution in [1.82, 2.24) is 4.98 Å². The maximum Gasteiger partial charge on any atom is 0.348 e. The summed E-state index contributed by atoms with van der Waals surface area (Å²) in [5, 5.41) is 20.3. The molecule has 1 aliphatic rings. The number of aromatic carboxylic acids is 1. The summed E-state index contributed by atoms with van der Waals surface area (Å²) in [6.45, 7) is 7.65. The highest BCUT2D eigenvalue weighted by atomic mass is 32.1. The van der Waals surface area contributed by atoms with Crippen LogP contribution in [0.5, 0.6) is 0 Å². The number of carboxylic acid groups (broad SMARTS) is 1. The molecule has 0 bridgehead atoms. The second-order valence-electron chi connectivity index (χ2n) is 7.43. The number of aromatic nitrogens is 1. The summed E-state index contributed by atoms with van der Waals surface area (Å²) >= 11 is 1.14. The predicted molar refractivity (Wildman–Crippen MR) is 102 cm³/mol. The molecule has 1 atom stereocenters. The molecule has 1 saturated heterocycles. The first-order valence-corrected chi connectivity index (χ1v) is 9.44. The van der Waals surface area contributed by atoms with E-state index in [0.717, 1.165) is 47.5 Å². The van der Waals surface area contributed by atoms with E-state index in [2.05, 4.69) is 25.7 Å². The van der Waals surface area contributed by atoms with Gasteiger partial charge in [0.05, 0.1) is 11.8 Å². The standard InChI is InChI=1S/C18H25N3O3S/c1-4-5-10-8-12(21-7-6-11(22)18(2,3)9-21)20-16-13(10)14(19)15(25-16)17(23)24/h8,11,22H,4-7,9,19H2,1-3H3,(H,23,24). The molecule has 25 heavy (non-hydrogen) atoms. The van der Waals surface area contributed by atoms with Gasteiger partial charge in [-0.15, -0.1) is 11.3 Å². The number of aliphatic hydroxyl groups excluding tert-OH is 1. The van der Waals surface area contributed by atoms with Gasteiger partial charge in [0, 0.05) is 23.9 Å². The van der Waals surface area contributed by atoms with Crippen LogP contribution in [0.1, 0.15) is 48.8 Å². The number of aryl methyl sites for hydroxylation is 1. The molecule has 0 radical (unpaired) electrons. The van der Waals surface area contributed by atoms with Gasteiger partial charge in [0.1, 0.15) is 15.5 Å². The third-order valence-corrected chi connectivity index (χ3v) is 6.06. The van der Waals surface area contributed by atoms with Gasteiger partial charge in [-0.05, 0) is 24.5 Å². The zero-order chi connectivity index (χ0) is 18.4. The number of aliphatic hydroxyl groups is 1. The van der Waals surface area contributed by atoms with Crippen molar-refractivity contribution in [3.63, 3.8) is 0 Å². The fourth-order valence-corrected chi connectivity index (χ4v) is 4.49. The van der Waals surface area contributed by atoms with Crippen LogP contribution in [0, 0.1) is 5.41 Å². The van der Waals surface area contributed by atoms with Crippen molar-refractivity contribution < 1.29 is 15.0 Å². The number of rotatable bonds is 4. The molecule has 0 aromatic carbocycles. The molecule has 1 fully saturated rings. The Labute approximate surface area is 151 Å². The molecular weight excluding hydrogens is 338 g/mol. The minimum absolute atomic E-state index is 0.159. The summed E-state index contributed by atoms with van der Waals surface area (Å²) in [5.74, 6) is -0.166. The number of nitrogens with zero attached hydrogens (tertiary/aromatic N) is 2. The van der Waals surface area contributed by atoms with Crippen LogP contribution < -0.4 is 10.6 Å². The number of piperidine rings is 1. The Kier molecular flexibility index (Phi) is 4.64. The monoisotopic (exact) mass is 363 g/mol. The lowest BCUT2D eigenvalue weighted by Crippen LogP contribution is -2.49. The Hall–Kier alpha value is -1.86. The number of carbonyl (C=O) groups is 1. The highest BCUT2D eigenvalue weighted by molar-refractivity contribution is 7.21. The fourth-order valence-electron chi connectivity index (χ4n) is 3.51. The Morgan fingerprint density at radius 2 is 2.24 bits per heavy atom. The van der Waals surface area contributed by atoms with E-state index in [1.165, 1.54) is 0 Å². The van der Waals surface area contributed by atoms with Crippen LogP contribution in [0.3, 0.4) is 0 Å². The minimum atomic E-state index is -1.01. The molecule has 7 heteroatoms. The first kappa shape index (κ1) is 17.9. The fraction of sp³-hybridized carbons (Fsp3) is 0.556. The highest BCUT2D eigenvalue weighted by Crippen LogP contribution is 2.39. The first-order valence-electron chi connectivity index (χ1n) is 8.62. The van der Waals surface area contributed by atoms with E-state index in [1.54, 1.807) is 0 Å². The number of thiophene rings is 1.